The van der Waals surface area contributed by atoms with E-state index in [9.17, 15) is 9.59 Å². The van der Waals surface area contributed by atoms with Gasteiger partial charge in [0.25, 0.3) is 5.91 Å². The van der Waals surface area contributed by atoms with Gasteiger partial charge in [0.1, 0.15) is 43.2 Å². The molecule has 3 heterocycles. The zero-order valence-electron chi connectivity index (χ0n) is 22.4. The van der Waals surface area contributed by atoms with E-state index in [2.05, 4.69) is 18.1 Å². The SMILES string of the molecule is C=CCOc1cccnc1C(c1ccccc1F)N1CN(CC=C)C(=O)c2c(OCc3ccccc3)c(=O)ccn21. The van der Waals surface area contributed by atoms with Crippen molar-refractivity contribution in [2.75, 3.05) is 24.8 Å². The lowest BCUT2D eigenvalue weighted by Crippen LogP contribution is -2.55. The van der Waals surface area contributed by atoms with Crippen LogP contribution in [-0.4, -0.2) is 40.3 Å². The summed E-state index contributed by atoms with van der Waals surface area (Å²) in [5.74, 6) is -0.556. The monoisotopic (exact) mass is 552 g/mol. The van der Waals surface area contributed by atoms with E-state index < -0.39 is 23.2 Å². The Morgan fingerprint density at radius 2 is 1.73 bits per heavy atom. The molecule has 4 aromatic rings. The topological polar surface area (TPSA) is 76.9 Å². The number of carbonyl (C=O) groups excluding carboxylic acids is 1. The molecule has 1 unspecified atom stereocenters. The van der Waals surface area contributed by atoms with Crippen LogP contribution in [0.2, 0.25) is 0 Å². The number of hydrogen-bond donors (Lipinski definition) is 0. The second-order valence-corrected chi connectivity index (χ2v) is 9.28. The lowest BCUT2D eigenvalue weighted by molar-refractivity contribution is 0.0697. The van der Waals surface area contributed by atoms with Crippen molar-refractivity contribution < 1.29 is 18.7 Å². The van der Waals surface area contributed by atoms with Crippen LogP contribution in [0.25, 0.3) is 0 Å². The van der Waals surface area contributed by atoms with Gasteiger partial charge in [-0.25, -0.2) is 4.39 Å². The van der Waals surface area contributed by atoms with Crippen LogP contribution in [0.1, 0.15) is 33.4 Å². The molecule has 41 heavy (non-hydrogen) atoms. The molecule has 8 nitrogen and oxygen atoms in total. The normalized spacial score (nSPS) is 13.3. The first-order chi connectivity index (χ1) is 20.0. The number of hydrogen-bond acceptors (Lipinski definition) is 6. The van der Waals surface area contributed by atoms with Crippen molar-refractivity contribution in [3.63, 3.8) is 0 Å². The quantitative estimate of drug-likeness (QED) is 0.248. The molecule has 0 radical (unpaired) electrons. The van der Waals surface area contributed by atoms with Gasteiger partial charge in [0.2, 0.25) is 5.43 Å². The van der Waals surface area contributed by atoms with Crippen molar-refractivity contribution in [3.8, 4) is 11.5 Å². The van der Waals surface area contributed by atoms with Crippen LogP contribution in [0.15, 0.2) is 115 Å². The maximum atomic E-state index is 15.5. The minimum atomic E-state index is -0.860. The first-order valence-corrected chi connectivity index (χ1v) is 13.1. The Balaban J connectivity index is 1.70. The molecule has 0 aliphatic carbocycles. The highest BCUT2D eigenvalue weighted by atomic mass is 19.1. The van der Waals surface area contributed by atoms with E-state index in [1.165, 1.54) is 23.2 Å². The summed E-state index contributed by atoms with van der Waals surface area (Å²) in [5, 5.41) is 1.76. The molecule has 2 aromatic carbocycles. The Hall–Kier alpha value is -5.18. The van der Waals surface area contributed by atoms with Crippen LogP contribution in [0.3, 0.4) is 0 Å². The summed E-state index contributed by atoms with van der Waals surface area (Å²) < 4.78 is 29.0. The molecule has 1 aliphatic heterocycles. The van der Waals surface area contributed by atoms with Gasteiger partial charge in [-0.05, 0) is 23.8 Å². The van der Waals surface area contributed by atoms with Gasteiger partial charge >= 0.3 is 0 Å². The van der Waals surface area contributed by atoms with E-state index >= 15 is 4.39 Å². The number of pyridine rings is 2. The second kappa shape index (κ2) is 12.3. The van der Waals surface area contributed by atoms with Crippen LogP contribution in [0.5, 0.6) is 11.5 Å². The highest BCUT2D eigenvalue weighted by molar-refractivity contribution is 5.96. The third kappa shape index (κ3) is 5.60. The van der Waals surface area contributed by atoms with Crippen molar-refractivity contribution >= 4 is 5.91 Å². The molecule has 0 saturated heterocycles. The lowest BCUT2D eigenvalue weighted by Gasteiger charge is -2.43. The highest BCUT2D eigenvalue weighted by Crippen LogP contribution is 2.36. The van der Waals surface area contributed by atoms with E-state index in [4.69, 9.17) is 9.47 Å². The van der Waals surface area contributed by atoms with E-state index in [0.29, 0.717) is 17.0 Å². The fraction of sp³-hybridized carbons (Fsp3) is 0.156. The molecule has 1 aliphatic rings. The molecule has 0 spiro atoms. The third-order valence-electron chi connectivity index (χ3n) is 6.61. The van der Waals surface area contributed by atoms with Crippen molar-refractivity contribution in [2.45, 2.75) is 12.6 Å². The van der Waals surface area contributed by atoms with Gasteiger partial charge in [-0.15, -0.1) is 6.58 Å². The van der Waals surface area contributed by atoms with E-state index in [0.717, 1.165) is 5.56 Å². The third-order valence-corrected chi connectivity index (χ3v) is 6.61. The van der Waals surface area contributed by atoms with Gasteiger partial charge in [0.05, 0.1) is 0 Å². The largest absolute Gasteiger partial charge is 0.488 e. The van der Waals surface area contributed by atoms with Crippen molar-refractivity contribution in [3.05, 3.63) is 149 Å². The van der Waals surface area contributed by atoms with Crippen molar-refractivity contribution in [2.24, 2.45) is 0 Å². The summed E-state index contributed by atoms with van der Waals surface area (Å²) >= 11 is 0. The van der Waals surface area contributed by atoms with Gasteiger partial charge in [-0.1, -0.05) is 67.3 Å². The zero-order chi connectivity index (χ0) is 28.8. The number of benzene rings is 2. The average Bonchev–Trinajstić information content (AvgIpc) is 2.99. The number of halogens is 1. The van der Waals surface area contributed by atoms with Crippen LogP contribution in [-0.2, 0) is 6.61 Å². The van der Waals surface area contributed by atoms with Gasteiger partial charge in [0.15, 0.2) is 11.4 Å². The Bertz CT molecular complexity index is 1620. The van der Waals surface area contributed by atoms with Gasteiger partial charge < -0.3 is 14.4 Å². The summed E-state index contributed by atoms with van der Waals surface area (Å²) in [6, 6.07) is 19.7. The molecule has 0 saturated carbocycles. The average molecular weight is 553 g/mol. The van der Waals surface area contributed by atoms with Crippen LogP contribution >= 0.6 is 0 Å². The molecule has 1 atom stereocenters. The highest BCUT2D eigenvalue weighted by Gasteiger charge is 2.39. The Labute approximate surface area is 237 Å². The van der Waals surface area contributed by atoms with Gasteiger partial charge in [0, 0.05) is 30.6 Å². The van der Waals surface area contributed by atoms with Gasteiger partial charge in [-0.3, -0.25) is 24.3 Å². The second-order valence-electron chi connectivity index (χ2n) is 9.28. The smallest absolute Gasteiger partial charge is 0.278 e. The molecular formula is C32H29FN4O4. The lowest BCUT2D eigenvalue weighted by atomic mass is 10.0. The van der Waals surface area contributed by atoms with Crippen LogP contribution < -0.4 is 19.9 Å². The predicted molar refractivity (Wildman–Crippen MR) is 154 cm³/mol. The van der Waals surface area contributed by atoms with Crippen LogP contribution in [0, 0.1) is 5.82 Å². The number of nitrogens with zero attached hydrogens (tertiary/aromatic N) is 4. The molecule has 0 bridgehead atoms. The fourth-order valence-corrected chi connectivity index (χ4v) is 4.77. The Morgan fingerprint density at radius 1 is 0.951 bits per heavy atom. The summed E-state index contributed by atoms with van der Waals surface area (Å²) in [7, 11) is 0. The number of fused-ring (bicyclic) bond motifs is 1. The summed E-state index contributed by atoms with van der Waals surface area (Å²) in [6.07, 6.45) is 6.30. The summed E-state index contributed by atoms with van der Waals surface area (Å²) in [6.45, 7) is 8.03. The molecule has 1 amide bonds. The summed E-state index contributed by atoms with van der Waals surface area (Å²) in [5.41, 5.74) is 1.13. The van der Waals surface area contributed by atoms with E-state index in [1.54, 1.807) is 58.4 Å². The maximum Gasteiger partial charge on any atom is 0.278 e. The Morgan fingerprint density at radius 3 is 2.49 bits per heavy atom. The molecule has 0 N–H and O–H groups in total. The maximum absolute atomic E-state index is 15.5. The van der Waals surface area contributed by atoms with Crippen LogP contribution in [0.4, 0.5) is 4.39 Å². The molecular weight excluding hydrogens is 523 g/mol. The number of rotatable bonds is 11. The van der Waals surface area contributed by atoms with Crippen molar-refractivity contribution in [1.82, 2.24) is 14.6 Å². The summed E-state index contributed by atoms with van der Waals surface area (Å²) in [4.78, 5) is 33.0. The van der Waals surface area contributed by atoms with E-state index in [1.807, 2.05) is 30.3 Å². The first-order valence-electron chi connectivity index (χ1n) is 13.1. The minimum Gasteiger partial charge on any atom is -0.488 e. The number of amides is 1. The predicted octanol–water partition coefficient (Wildman–Crippen LogP) is 4.85. The molecule has 5 rings (SSSR count). The minimum absolute atomic E-state index is 0.0207. The zero-order valence-corrected chi connectivity index (χ0v) is 22.4. The molecule has 2 aromatic heterocycles. The number of aromatic nitrogens is 2. The number of ether oxygens (including phenoxy) is 2. The molecule has 0 fully saturated rings. The first kappa shape index (κ1) is 27.4. The fourth-order valence-electron chi connectivity index (χ4n) is 4.77. The molecule has 208 valence electrons. The standard InChI is InChI=1S/C32H29FN4O4/c1-3-18-35-22-37(29(24-13-8-9-14-25(24)33)28-27(40-20-4-2)15-10-17-34-28)36-19-16-26(38)31(30(36)32(35)39)41-21-23-11-6-5-7-12-23/h3-17,19,29H,1-2,18,20-22H2. The van der Waals surface area contributed by atoms with E-state index in [-0.39, 0.29) is 37.9 Å². The van der Waals surface area contributed by atoms with Gasteiger partial charge in [-0.2, -0.15) is 0 Å². The Kier molecular flexibility index (Phi) is 8.24. The molecule has 9 heteroatoms. The van der Waals surface area contributed by atoms with Crippen molar-refractivity contribution in [1.29, 1.82) is 0 Å². The number of carbonyl (C=O) groups is 1.